The van der Waals surface area contributed by atoms with Crippen LogP contribution in [0.3, 0.4) is 0 Å². The summed E-state index contributed by atoms with van der Waals surface area (Å²) >= 11 is 2.20. The van der Waals surface area contributed by atoms with Crippen molar-refractivity contribution in [3.63, 3.8) is 0 Å². The van der Waals surface area contributed by atoms with Crippen molar-refractivity contribution in [2.45, 2.75) is 31.5 Å². The van der Waals surface area contributed by atoms with Gasteiger partial charge in [0.15, 0.2) is 5.79 Å². The Bertz CT molecular complexity index is 623. The molecule has 23 heavy (non-hydrogen) atoms. The Kier molecular flexibility index (Phi) is 5.23. The highest BCUT2D eigenvalue weighted by Gasteiger charge is 2.37. The van der Waals surface area contributed by atoms with Gasteiger partial charge in [0.05, 0.1) is 26.0 Å². The van der Waals surface area contributed by atoms with Gasteiger partial charge in [-0.2, -0.15) is 0 Å². The minimum Gasteiger partial charge on any atom is -0.497 e. The summed E-state index contributed by atoms with van der Waals surface area (Å²) in [7, 11) is 1.61. The van der Waals surface area contributed by atoms with Gasteiger partial charge in [0.25, 0.3) is 0 Å². The average molecular weight is 429 g/mol. The van der Waals surface area contributed by atoms with E-state index in [0.29, 0.717) is 19.6 Å². The molecule has 1 N–H and O–H groups in total. The van der Waals surface area contributed by atoms with Crippen molar-refractivity contribution in [2.24, 2.45) is 0 Å². The zero-order valence-electron chi connectivity index (χ0n) is 13.1. The second-order valence-corrected chi connectivity index (χ2v) is 6.91. The number of carbonyl (C=O) groups is 1. The molecule has 1 heterocycles. The highest BCUT2D eigenvalue weighted by atomic mass is 127. The van der Waals surface area contributed by atoms with Crippen LogP contribution >= 0.6 is 22.6 Å². The summed E-state index contributed by atoms with van der Waals surface area (Å²) < 4.78 is 17.6. The van der Waals surface area contributed by atoms with Crippen molar-refractivity contribution in [3.8, 4) is 5.75 Å². The number of carbonyl (C=O) groups excluding carboxylic acids is 1. The molecule has 6 heteroatoms. The van der Waals surface area contributed by atoms with Crippen LogP contribution in [0, 0.1) is 3.57 Å². The lowest BCUT2D eigenvalue weighted by Crippen LogP contribution is -2.32. The third-order valence-corrected chi connectivity index (χ3v) is 5.12. The molecule has 1 aliphatic heterocycles. The molecule has 0 atom stereocenters. The Balaban J connectivity index is 1.59. The molecule has 1 aromatic rings. The van der Waals surface area contributed by atoms with Gasteiger partial charge in [-0.25, -0.2) is 0 Å². The van der Waals surface area contributed by atoms with E-state index in [0.717, 1.165) is 39.8 Å². The molecule has 5 nitrogen and oxygen atoms in total. The first-order chi connectivity index (χ1) is 11.1. The Hall–Kier alpha value is -1.12. The number of rotatable bonds is 4. The molecule has 2 aliphatic rings. The van der Waals surface area contributed by atoms with E-state index in [1.165, 1.54) is 0 Å². The predicted octanol–water partition coefficient (Wildman–Crippen LogP) is 3.48. The topological polar surface area (TPSA) is 56.8 Å². The summed E-state index contributed by atoms with van der Waals surface area (Å²) in [6.07, 6.45) is 4.88. The molecule has 1 saturated heterocycles. The normalized spacial score (nSPS) is 19.5. The Morgan fingerprint density at radius 3 is 2.83 bits per heavy atom. The first-order valence-corrected chi connectivity index (χ1v) is 8.77. The molecule has 0 bridgehead atoms. The maximum absolute atomic E-state index is 12.3. The number of halogens is 1. The lowest BCUT2D eigenvalue weighted by atomic mass is 9.92. The molecule has 0 saturated carbocycles. The monoisotopic (exact) mass is 429 g/mol. The minimum absolute atomic E-state index is 0.00775. The second kappa shape index (κ2) is 7.19. The number of anilines is 1. The van der Waals surface area contributed by atoms with Crippen LogP contribution in [0.2, 0.25) is 0 Å². The lowest BCUT2D eigenvalue weighted by Gasteiger charge is -2.30. The number of nitrogens with one attached hydrogen (secondary N) is 1. The first-order valence-electron chi connectivity index (χ1n) is 7.69. The van der Waals surface area contributed by atoms with Crippen LogP contribution in [0.25, 0.3) is 0 Å². The summed E-state index contributed by atoms with van der Waals surface area (Å²) in [5.74, 6) is 0.295. The Morgan fingerprint density at radius 2 is 2.17 bits per heavy atom. The fourth-order valence-electron chi connectivity index (χ4n) is 2.90. The van der Waals surface area contributed by atoms with Crippen molar-refractivity contribution in [1.82, 2.24) is 0 Å². The molecule has 1 aliphatic carbocycles. The van der Waals surface area contributed by atoms with E-state index in [2.05, 4.69) is 34.0 Å². The van der Waals surface area contributed by atoms with Gasteiger partial charge in [0.1, 0.15) is 5.75 Å². The van der Waals surface area contributed by atoms with Crippen molar-refractivity contribution >= 4 is 34.2 Å². The zero-order valence-corrected chi connectivity index (χ0v) is 15.2. The standard InChI is InChI=1S/C17H20INO4/c1-21-13-2-3-14(18)15(11-13)19-16(20)10-12-4-6-17(7-5-12)22-8-9-23-17/h2-4,11H,5-10H2,1H3,(H,19,20). The number of amides is 1. The highest BCUT2D eigenvalue weighted by molar-refractivity contribution is 14.1. The molecule has 124 valence electrons. The van der Waals surface area contributed by atoms with Gasteiger partial charge in [-0.15, -0.1) is 0 Å². The van der Waals surface area contributed by atoms with Crippen molar-refractivity contribution < 1.29 is 19.0 Å². The van der Waals surface area contributed by atoms with E-state index in [1.807, 2.05) is 18.2 Å². The molecule has 0 unspecified atom stereocenters. The lowest BCUT2D eigenvalue weighted by molar-refractivity contribution is -0.161. The summed E-state index contributed by atoms with van der Waals surface area (Å²) in [5.41, 5.74) is 1.93. The third-order valence-electron chi connectivity index (χ3n) is 4.18. The molecule has 1 amide bonds. The van der Waals surface area contributed by atoms with Crippen LogP contribution in [-0.2, 0) is 14.3 Å². The van der Waals surface area contributed by atoms with Gasteiger partial charge in [-0.05, 0) is 41.1 Å². The number of hydrogen-bond donors (Lipinski definition) is 1. The van der Waals surface area contributed by atoms with Crippen molar-refractivity contribution in [2.75, 3.05) is 25.6 Å². The van der Waals surface area contributed by atoms with Gasteiger partial charge in [0.2, 0.25) is 5.91 Å². The van der Waals surface area contributed by atoms with E-state index >= 15 is 0 Å². The van der Waals surface area contributed by atoms with E-state index in [1.54, 1.807) is 7.11 Å². The molecule has 0 aromatic heterocycles. The van der Waals surface area contributed by atoms with E-state index < -0.39 is 5.79 Å². The second-order valence-electron chi connectivity index (χ2n) is 5.74. The largest absolute Gasteiger partial charge is 0.497 e. The van der Waals surface area contributed by atoms with Gasteiger partial charge >= 0.3 is 0 Å². The molecular formula is C17H20INO4. The fourth-order valence-corrected chi connectivity index (χ4v) is 3.37. The average Bonchev–Trinajstić information content (AvgIpc) is 3.00. The SMILES string of the molecule is COc1ccc(I)c(NC(=O)CC2=CCC3(CC2)OCCO3)c1. The molecule has 0 radical (unpaired) electrons. The molecule has 1 spiro atoms. The number of ether oxygens (including phenoxy) is 3. The Labute approximate surface area is 149 Å². The molecule has 1 fully saturated rings. The number of benzene rings is 1. The van der Waals surface area contributed by atoms with E-state index in [-0.39, 0.29) is 5.91 Å². The predicted molar refractivity (Wildman–Crippen MR) is 95.5 cm³/mol. The summed E-state index contributed by atoms with van der Waals surface area (Å²) in [5, 5.41) is 2.96. The summed E-state index contributed by atoms with van der Waals surface area (Å²) in [4.78, 5) is 12.3. The minimum atomic E-state index is -0.428. The fraction of sp³-hybridized carbons (Fsp3) is 0.471. The summed E-state index contributed by atoms with van der Waals surface area (Å²) in [6.45, 7) is 1.33. The summed E-state index contributed by atoms with van der Waals surface area (Å²) in [6, 6.07) is 5.64. The van der Waals surface area contributed by atoms with Crippen LogP contribution in [0.5, 0.6) is 5.75 Å². The van der Waals surface area contributed by atoms with Crippen LogP contribution in [-0.4, -0.2) is 32.0 Å². The highest BCUT2D eigenvalue weighted by Crippen LogP contribution is 2.36. The van der Waals surface area contributed by atoms with Crippen LogP contribution in [0.4, 0.5) is 5.69 Å². The Morgan fingerprint density at radius 1 is 1.39 bits per heavy atom. The van der Waals surface area contributed by atoms with E-state index in [4.69, 9.17) is 14.2 Å². The van der Waals surface area contributed by atoms with Crippen LogP contribution in [0.15, 0.2) is 29.8 Å². The quantitative estimate of drug-likeness (QED) is 0.589. The van der Waals surface area contributed by atoms with Crippen molar-refractivity contribution in [3.05, 3.63) is 33.4 Å². The smallest absolute Gasteiger partial charge is 0.228 e. The van der Waals surface area contributed by atoms with Gasteiger partial charge < -0.3 is 19.5 Å². The maximum atomic E-state index is 12.3. The van der Waals surface area contributed by atoms with Crippen molar-refractivity contribution in [1.29, 1.82) is 0 Å². The zero-order chi connectivity index (χ0) is 16.3. The van der Waals surface area contributed by atoms with Crippen LogP contribution in [0.1, 0.15) is 25.7 Å². The maximum Gasteiger partial charge on any atom is 0.228 e. The first kappa shape index (κ1) is 16.7. The van der Waals surface area contributed by atoms with Gasteiger partial charge in [0, 0.05) is 28.9 Å². The number of hydrogen-bond acceptors (Lipinski definition) is 4. The third kappa shape index (κ3) is 4.05. The van der Waals surface area contributed by atoms with E-state index in [9.17, 15) is 4.79 Å². The number of methoxy groups -OCH3 is 1. The molecular weight excluding hydrogens is 409 g/mol. The van der Waals surface area contributed by atoms with Gasteiger partial charge in [-0.1, -0.05) is 11.6 Å². The molecule has 3 rings (SSSR count). The van der Waals surface area contributed by atoms with Crippen LogP contribution < -0.4 is 10.1 Å². The van der Waals surface area contributed by atoms with Gasteiger partial charge in [-0.3, -0.25) is 4.79 Å². The molecule has 1 aromatic carbocycles.